The van der Waals surface area contributed by atoms with Gasteiger partial charge in [-0.05, 0) is 54.6 Å². The normalized spacial score (nSPS) is 10.9. The van der Waals surface area contributed by atoms with E-state index in [4.69, 9.17) is 11.6 Å². The maximum atomic E-state index is 14.4. The van der Waals surface area contributed by atoms with E-state index in [0.29, 0.717) is 33.2 Å². The van der Waals surface area contributed by atoms with Gasteiger partial charge in [0.25, 0.3) is 0 Å². The van der Waals surface area contributed by atoms with Gasteiger partial charge in [0.05, 0.1) is 17.1 Å². The first-order chi connectivity index (χ1) is 12.6. The van der Waals surface area contributed by atoms with Crippen LogP contribution < -0.4 is 0 Å². The van der Waals surface area contributed by atoms with E-state index in [1.165, 1.54) is 12.1 Å². The van der Waals surface area contributed by atoms with E-state index in [9.17, 15) is 8.78 Å². The Morgan fingerprint density at radius 2 is 1.31 bits per heavy atom. The smallest absolute Gasteiger partial charge is 0.132 e. The molecular weight excluding hydrogens is 354 g/mol. The SMILES string of the molecule is Fc1ccccc1-c1cc(-c2ccccc2F)n(-c2ccc(Cl)cc2)n1. The van der Waals surface area contributed by atoms with Gasteiger partial charge in [-0.1, -0.05) is 35.9 Å². The number of hydrogen-bond acceptors (Lipinski definition) is 1. The zero-order valence-corrected chi connectivity index (χ0v) is 14.3. The summed E-state index contributed by atoms with van der Waals surface area (Å²) in [7, 11) is 0. The Hall–Kier alpha value is -2.98. The molecule has 0 unspecified atom stereocenters. The summed E-state index contributed by atoms with van der Waals surface area (Å²) in [6.07, 6.45) is 0. The van der Waals surface area contributed by atoms with E-state index < -0.39 is 0 Å². The first-order valence-corrected chi connectivity index (χ1v) is 8.37. The lowest BCUT2D eigenvalue weighted by Crippen LogP contribution is -2.00. The van der Waals surface area contributed by atoms with Crippen molar-refractivity contribution in [3.05, 3.63) is 95.5 Å². The van der Waals surface area contributed by atoms with Crippen LogP contribution >= 0.6 is 11.6 Å². The second-order valence-corrected chi connectivity index (χ2v) is 6.20. The summed E-state index contributed by atoms with van der Waals surface area (Å²) < 4.78 is 30.2. The number of nitrogens with zero attached hydrogens (tertiary/aromatic N) is 2. The Labute approximate surface area is 154 Å². The molecule has 26 heavy (non-hydrogen) atoms. The molecule has 4 aromatic rings. The Bertz CT molecular complexity index is 1070. The molecular formula is C21H13ClF2N2. The topological polar surface area (TPSA) is 17.8 Å². The van der Waals surface area contributed by atoms with Crippen molar-refractivity contribution in [1.29, 1.82) is 0 Å². The van der Waals surface area contributed by atoms with E-state index >= 15 is 0 Å². The summed E-state index contributed by atoms with van der Waals surface area (Å²) >= 11 is 5.96. The van der Waals surface area contributed by atoms with Crippen molar-refractivity contribution in [1.82, 2.24) is 9.78 Å². The van der Waals surface area contributed by atoms with E-state index in [-0.39, 0.29) is 11.6 Å². The van der Waals surface area contributed by atoms with E-state index in [1.54, 1.807) is 71.4 Å². The van der Waals surface area contributed by atoms with Crippen molar-refractivity contribution in [3.8, 4) is 28.2 Å². The molecule has 0 radical (unpaired) electrons. The Kier molecular flexibility index (Phi) is 4.27. The Morgan fingerprint density at radius 1 is 0.731 bits per heavy atom. The van der Waals surface area contributed by atoms with E-state index in [2.05, 4.69) is 5.10 Å². The second-order valence-electron chi connectivity index (χ2n) is 5.76. The molecule has 1 heterocycles. The average molecular weight is 367 g/mol. The summed E-state index contributed by atoms with van der Waals surface area (Å²) in [5, 5.41) is 5.11. The molecule has 0 spiro atoms. The maximum Gasteiger partial charge on any atom is 0.132 e. The van der Waals surface area contributed by atoms with E-state index in [0.717, 1.165) is 0 Å². The van der Waals surface area contributed by atoms with Crippen molar-refractivity contribution >= 4 is 11.6 Å². The molecule has 4 rings (SSSR count). The van der Waals surface area contributed by atoms with Crippen molar-refractivity contribution in [2.75, 3.05) is 0 Å². The standard InChI is InChI=1S/C21H13ClF2N2/c22-14-9-11-15(12-10-14)26-21(17-6-2-4-8-19(17)24)13-20(25-26)16-5-1-3-7-18(16)23/h1-13H. The lowest BCUT2D eigenvalue weighted by atomic mass is 10.1. The van der Waals surface area contributed by atoms with Crippen LogP contribution in [0.3, 0.4) is 0 Å². The summed E-state index contributed by atoms with van der Waals surface area (Å²) in [6.45, 7) is 0. The molecule has 1 aromatic heterocycles. The molecule has 0 amide bonds. The first kappa shape index (κ1) is 16.5. The van der Waals surface area contributed by atoms with Crippen LogP contribution in [0.5, 0.6) is 0 Å². The predicted molar refractivity (Wildman–Crippen MR) is 99.4 cm³/mol. The van der Waals surface area contributed by atoms with Crippen LogP contribution in [0.15, 0.2) is 78.9 Å². The summed E-state index contributed by atoms with van der Waals surface area (Å²) in [5.41, 5.74) is 2.41. The maximum absolute atomic E-state index is 14.4. The largest absolute Gasteiger partial charge is 0.232 e. The second kappa shape index (κ2) is 6.73. The highest BCUT2D eigenvalue weighted by Gasteiger charge is 2.17. The summed E-state index contributed by atoms with van der Waals surface area (Å²) in [5.74, 6) is -0.754. The highest BCUT2D eigenvalue weighted by Crippen LogP contribution is 2.31. The minimum absolute atomic E-state index is 0.359. The zero-order chi connectivity index (χ0) is 18.1. The fourth-order valence-electron chi connectivity index (χ4n) is 2.82. The number of halogens is 3. The van der Waals surface area contributed by atoms with Gasteiger partial charge in [-0.25, -0.2) is 13.5 Å². The molecule has 128 valence electrons. The molecule has 0 aliphatic rings. The van der Waals surface area contributed by atoms with Crippen molar-refractivity contribution < 1.29 is 8.78 Å². The van der Waals surface area contributed by atoms with Crippen LogP contribution in [0.25, 0.3) is 28.2 Å². The molecule has 0 atom stereocenters. The number of rotatable bonds is 3. The van der Waals surface area contributed by atoms with Crippen LogP contribution in [-0.4, -0.2) is 9.78 Å². The molecule has 2 nitrogen and oxygen atoms in total. The fourth-order valence-corrected chi connectivity index (χ4v) is 2.95. The molecule has 5 heteroatoms. The van der Waals surface area contributed by atoms with Crippen LogP contribution in [0.4, 0.5) is 8.78 Å². The highest BCUT2D eigenvalue weighted by atomic mass is 35.5. The van der Waals surface area contributed by atoms with E-state index in [1.807, 2.05) is 0 Å². The predicted octanol–water partition coefficient (Wildman–Crippen LogP) is 6.14. The Morgan fingerprint density at radius 3 is 1.92 bits per heavy atom. The van der Waals surface area contributed by atoms with Crippen LogP contribution in [0.1, 0.15) is 0 Å². The van der Waals surface area contributed by atoms with Gasteiger partial charge in [0.1, 0.15) is 11.6 Å². The molecule has 0 bridgehead atoms. The molecule has 3 aromatic carbocycles. The van der Waals surface area contributed by atoms with Crippen molar-refractivity contribution in [2.45, 2.75) is 0 Å². The number of aromatic nitrogens is 2. The highest BCUT2D eigenvalue weighted by molar-refractivity contribution is 6.30. The van der Waals surface area contributed by atoms with Crippen molar-refractivity contribution in [2.24, 2.45) is 0 Å². The van der Waals surface area contributed by atoms with Crippen LogP contribution in [-0.2, 0) is 0 Å². The minimum Gasteiger partial charge on any atom is -0.232 e. The van der Waals surface area contributed by atoms with Gasteiger partial charge in [-0.15, -0.1) is 0 Å². The summed E-state index contributed by atoms with van der Waals surface area (Å²) in [4.78, 5) is 0. The summed E-state index contributed by atoms with van der Waals surface area (Å²) in [6, 6.07) is 21.5. The number of hydrogen-bond donors (Lipinski definition) is 0. The molecule has 0 aliphatic carbocycles. The lowest BCUT2D eigenvalue weighted by Gasteiger charge is -2.08. The van der Waals surface area contributed by atoms with Crippen LogP contribution in [0.2, 0.25) is 5.02 Å². The van der Waals surface area contributed by atoms with Gasteiger partial charge in [-0.3, -0.25) is 0 Å². The van der Waals surface area contributed by atoms with Gasteiger partial charge in [0.2, 0.25) is 0 Å². The molecule has 0 saturated heterocycles. The number of benzene rings is 3. The molecule has 0 fully saturated rings. The third-order valence-corrected chi connectivity index (χ3v) is 4.33. The fraction of sp³-hybridized carbons (Fsp3) is 0. The average Bonchev–Trinajstić information content (AvgIpc) is 3.08. The lowest BCUT2D eigenvalue weighted by molar-refractivity contribution is 0.629. The third-order valence-electron chi connectivity index (χ3n) is 4.08. The van der Waals surface area contributed by atoms with Gasteiger partial charge in [0, 0.05) is 16.1 Å². The van der Waals surface area contributed by atoms with Gasteiger partial charge >= 0.3 is 0 Å². The van der Waals surface area contributed by atoms with Crippen LogP contribution in [0, 0.1) is 11.6 Å². The molecule has 0 N–H and O–H groups in total. The zero-order valence-electron chi connectivity index (χ0n) is 13.5. The third kappa shape index (κ3) is 3.00. The van der Waals surface area contributed by atoms with Crippen molar-refractivity contribution in [3.63, 3.8) is 0 Å². The van der Waals surface area contributed by atoms with Gasteiger partial charge in [0.15, 0.2) is 0 Å². The molecule has 0 saturated carbocycles. The van der Waals surface area contributed by atoms with Gasteiger partial charge in [-0.2, -0.15) is 5.10 Å². The monoisotopic (exact) mass is 366 g/mol. The first-order valence-electron chi connectivity index (χ1n) is 7.99. The minimum atomic E-state index is -0.381. The quantitative estimate of drug-likeness (QED) is 0.426. The van der Waals surface area contributed by atoms with Gasteiger partial charge < -0.3 is 0 Å². The molecule has 0 aliphatic heterocycles. The Balaban J connectivity index is 1.95.